The van der Waals surface area contributed by atoms with Crippen LogP contribution in [0.1, 0.15) is 69.7 Å². The monoisotopic (exact) mass is 560 g/mol. The fourth-order valence-corrected chi connectivity index (χ4v) is 5.52. The van der Waals surface area contributed by atoms with Gasteiger partial charge in [0.15, 0.2) is 0 Å². The zero-order chi connectivity index (χ0) is 27.1. The molecule has 0 bridgehead atoms. The predicted molar refractivity (Wildman–Crippen MR) is 145 cm³/mol. The molecule has 1 fully saturated rings. The first-order valence-electron chi connectivity index (χ1n) is 12.6. The number of aryl methyl sites for hydroxylation is 1. The number of aromatic nitrogens is 1. The second-order valence-corrected chi connectivity index (χ2v) is 10.5. The first-order chi connectivity index (χ1) is 18.9. The average Bonchev–Trinajstić information content (AvgIpc) is 3.71. The minimum Gasteiger partial charge on any atom is -0.489 e. The van der Waals surface area contributed by atoms with Gasteiger partial charge in [-0.3, -0.25) is 0 Å². The average molecular weight is 561 g/mol. The molecule has 39 heavy (non-hydrogen) atoms. The molecule has 9 heteroatoms. The van der Waals surface area contributed by atoms with E-state index in [1.807, 2.05) is 12.1 Å². The summed E-state index contributed by atoms with van der Waals surface area (Å²) in [5.41, 5.74) is 4.24. The van der Waals surface area contributed by atoms with Crippen LogP contribution >= 0.6 is 23.2 Å². The van der Waals surface area contributed by atoms with E-state index in [9.17, 15) is 15.2 Å². The van der Waals surface area contributed by atoms with Gasteiger partial charge in [-0.2, -0.15) is 5.26 Å². The van der Waals surface area contributed by atoms with Gasteiger partial charge in [-0.1, -0.05) is 40.5 Å². The molecule has 1 N–H and O–H groups in total. The molecule has 3 aromatic carbocycles. The molecule has 6 rings (SSSR count). The molecule has 7 nitrogen and oxygen atoms in total. The lowest BCUT2D eigenvalue weighted by atomic mass is 9.93. The molecule has 1 unspecified atom stereocenters. The van der Waals surface area contributed by atoms with E-state index in [-0.39, 0.29) is 18.3 Å². The second-order valence-electron chi connectivity index (χ2n) is 9.67. The highest BCUT2D eigenvalue weighted by molar-refractivity contribution is 6.39. The number of aromatic carboxylic acids is 1. The number of halogens is 2. The molecule has 1 aromatic heterocycles. The lowest BCUT2D eigenvalue weighted by Crippen LogP contribution is -2.17. The zero-order valence-corrected chi connectivity index (χ0v) is 22.1. The molecular formula is C30H22Cl2N2O5. The topological polar surface area (TPSA) is 106 Å². The van der Waals surface area contributed by atoms with Crippen molar-refractivity contribution in [3.8, 4) is 28.8 Å². The van der Waals surface area contributed by atoms with Gasteiger partial charge in [0, 0.05) is 17.0 Å². The van der Waals surface area contributed by atoms with E-state index < -0.39 is 5.97 Å². The standard InChI is InChI=1S/C30H22Cl2N2O5/c31-23-2-1-3-24(32)27(23)28-22(29(39-34-28)16-4-5-16)15-37-20-8-9-21(19(13-20)14-33)26-11-6-17-12-18(30(35)36)7-10-25(17)38-26/h1-3,7-10,12-13,16,26H,4-6,11,15H2,(H,35,36). The van der Waals surface area contributed by atoms with Crippen LogP contribution in [0.3, 0.4) is 0 Å². The van der Waals surface area contributed by atoms with Crippen molar-refractivity contribution in [2.45, 2.75) is 44.3 Å². The third-order valence-electron chi connectivity index (χ3n) is 7.09. The Labute approximate surface area is 234 Å². The molecule has 1 saturated carbocycles. The number of hydrogen-bond acceptors (Lipinski definition) is 6. The van der Waals surface area contributed by atoms with Gasteiger partial charge in [0.2, 0.25) is 0 Å². The highest BCUT2D eigenvalue weighted by Crippen LogP contribution is 2.46. The van der Waals surface area contributed by atoms with Crippen LogP contribution in [0.4, 0.5) is 0 Å². The molecule has 2 heterocycles. The van der Waals surface area contributed by atoms with Gasteiger partial charge in [0.05, 0.1) is 32.8 Å². The molecule has 196 valence electrons. The summed E-state index contributed by atoms with van der Waals surface area (Å²) in [6.45, 7) is 0.176. The summed E-state index contributed by atoms with van der Waals surface area (Å²) < 4.78 is 18.0. The van der Waals surface area contributed by atoms with Gasteiger partial charge in [-0.15, -0.1) is 0 Å². The summed E-state index contributed by atoms with van der Waals surface area (Å²) in [5, 5.41) is 24.4. The number of carboxylic acid groups (broad SMARTS) is 1. The van der Waals surface area contributed by atoms with Crippen LogP contribution in [0.2, 0.25) is 10.0 Å². The van der Waals surface area contributed by atoms with E-state index in [0.29, 0.717) is 57.1 Å². The quantitative estimate of drug-likeness (QED) is 0.246. The summed E-state index contributed by atoms with van der Waals surface area (Å²) in [4.78, 5) is 11.3. The number of fused-ring (bicyclic) bond motifs is 1. The van der Waals surface area contributed by atoms with Crippen molar-refractivity contribution >= 4 is 29.2 Å². The van der Waals surface area contributed by atoms with E-state index in [4.69, 9.17) is 37.2 Å². The van der Waals surface area contributed by atoms with E-state index in [1.54, 1.807) is 36.4 Å². The van der Waals surface area contributed by atoms with Gasteiger partial charge in [-0.05, 0) is 73.7 Å². The number of benzene rings is 3. The Morgan fingerprint density at radius 2 is 1.90 bits per heavy atom. The van der Waals surface area contributed by atoms with Crippen LogP contribution in [0.5, 0.6) is 11.5 Å². The fourth-order valence-electron chi connectivity index (χ4n) is 4.95. The largest absolute Gasteiger partial charge is 0.489 e. The highest BCUT2D eigenvalue weighted by Gasteiger charge is 2.34. The number of nitrogens with zero attached hydrogens (tertiary/aromatic N) is 2. The highest BCUT2D eigenvalue weighted by atomic mass is 35.5. The SMILES string of the molecule is N#Cc1cc(OCc2c(-c3c(Cl)cccc3Cl)noc2C2CC2)ccc1C1CCc2cc(C(=O)O)ccc2O1. The van der Waals surface area contributed by atoms with Crippen LogP contribution in [-0.4, -0.2) is 16.2 Å². The van der Waals surface area contributed by atoms with E-state index in [2.05, 4.69) is 11.2 Å². The first-order valence-corrected chi connectivity index (χ1v) is 13.3. The minimum atomic E-state index is -0.972. The van der Waals surface area contributed by atoms with Gasteiger partial charge in [-0.25, -0.2) is 4.79 Å². The summed E-state index contributed by atoms with van der Waals surface area (Å²) in [7, 11) is 0. The van der Waals surface area contributed by atoms with Gasteiger partial charge >= 0.3 is 5.97 Å². The summed E-state index contributed by atoms with van der Waals surface area (Å²) >= 11 is 12.9. The minimum absolute atomic E-state index is 0.176. The molecule has 1 aliphatic carbocycles. The lowest BCUT2D eigenvalue weighted by molar-refractivity contribution is 0.0696. The van der Waals surface area contributed by atoms with Crippen molar-refractivity contribution in [2.24, 2.45) is 0 Å². The Morgan fingerprint density at radius 3 is 2.62 bits per heavy atom. The van der Waals surface area contributed by atoms with Crippen molar-refractivity contribution in [3.63, 3.8) is 0 Å². The fraction of sp³-hybridized carbons (Fsp3) is 0.233. The molecule has 1 aliphatic heterocycles. The van der Waals surface area contributed by atoms with Gasteiger partial charge in [0.1, 0.15) is 35.7 Å². The van der Waals surface area contributed by atoms with E-state index in [0.717, 1.165) is 35.3 Å². The third-order valence-corrected chi connectivity index (χ3v) is 7.72. The van der Waals surface area contributed by atoms with Crippen molar-refractivity contribution in [1.82, 2.24) is 5.16 Å². The van der Waals surface area contributed by atoms with E-state index in [1.165, 1.54) is 6.07 Å². The number of rotatable bonds is 7. The summed E-state index contributed by atoms with van der Waals surface area (Å²) in [5.74, 6) is 1.25. The molecule has 0 spiro atoms. The number of carboxylic acids is 1. The van der Waals surface area contributed by atoms with Crippen LogP contribution < -0.4 is 9.47 Å². The summed E-state index contributed by atoms with van der Waals surface area (Å²) in [6.07, 6.45) is 2.99. The summed E-state index contributed by atoms with van der Waals surface area (Å²) in [6, 6.07) is 17.8. The Balaban J connectivity index is 1.24. The maximum absolute atomic E-state index is 11.3. The third kappa shape index (κ3) is 4.94. The Morgan fingerprint density at radius 1 is 1.10 bits per heavy atom. The molecule has 0 saturated heterocycles. The Bertz CT molecular complexity index is 1620. The van der Waals surface area contributed by atoms with Crippen molar-refractivity contribution in [3.05, 3.63) is 98.2 Å². The Kier molecular flexibility index (Phi) is 6.68. The van der Waals surface area contributed by atoms with Crippen LogP contribution in [0.15, 0.2) is 59.1 Å². The van der Waals surface area contributed by atoms with Crippen molar-refractivity contribution in [2.75, 3.05) is 0 Å². The van der Waals surface area contributed by atoms with Crippen molar-refractivity contribution < 1.29 is 23.9 Å². The molecule has 4 aromatic rings. The normalized spacial score (nSPS) is 16.2. The molecule has 2 aliphatic rings. The number of nitriles is 1. The van der Waals surface area contributed by atoms with E-state index >= 15 is 0 Å². The molecule has 0 radical (unpaired) electrons. The maximum atomic E-state index is 11.3. The van der Waals surface area contributed by atoms with Gasteiger partial charge in [0.25, 0.3) is 0 Å². The Hall–Kier alpha value is -3.99. The van der Waals surface area contributed by atoms with Crippen LogP contribution in [0, 0.1) is 11.3 Å². The van der Waals surface area contributed by atoms with Crippen molar-refractivity contribution in [1.29, 1.82) is 5.26 Å². The number of hydrogen-bond donors (Lipinski definition) is 1. The zero-order valence-electron chi connectivity index (χ0n) is 20.6. The molecule has 0 amide bonds. The number of carbonyl (C=O) groups is 1. The first kappa shape index (κ1) is 25.3. The maximum Gasteiger partial charge on any atom is 0.335 e. The lowest BCUT2D eigenvalue weighted by Gasteiger charge is -2.27. The van der Waals surface area contributed by atoms with Crippen LogP contribution in [-0.2, 0) is 13.0 Å². The predicted octanol–water partition coefficient (Wildman–Crippen LogP) is 7.74. The van der Waals surface area contributed by atoms with Gasteiger partial charge < -0.3 is 19.1 Å². The second kappa shape index (κ2) is 10.3. The smallest absolute Gasteiger partial charge is 0.335 e. The molecular weight excluding hydrogens is 539 g/mol. The number of ether oxygens (including phenoxy) is 2. The molecule has 1 atom stereocenters. The van der Waals surface area contributed by atoms with Crippen LogP contribution in [0.25, 0.3) is 11.3 Å².